The summed E-state index contributed by atoms with van der Waals surface area (Å²) in [6, 6.07) is 7.89. The summed E-state index contributed by atoms with van der Waals surface area (Å²) >= 11 is 5.97. The molecule has 0 aliphatic heterocycles. The first-order chi connectivity index (χ1) is 9.04. The number of ether oxygens (including phenoxy) is 1. The molecule has 1 aromatic heterocycles. The smallest absolute Gasteiger partial charge is 0.373 e. The van der Waals surface area contributed by atoms with E-state index in [9.17, 15) is 9.59 Å². The van der Waals surface area contributed by atoms with Crippen molar-refractivity contribution in [1.29, 1.82) is 0 Å². The van der Waals surface area contributed by atoms with Gasteiger partial charge in [0.05, 0.1) is 7.11 Å². The minimum atomic E-state index is -0.623. The van der Waals surface area contributed by atoms with Gasteiger partial charge in [-0.1, -0.05) is 23.7 Å². The van der Waals surface area contributed by atoms with Gasteiger partial charge in [0.15, 0.2) is 5.76 Å². The van der Waals surface area contributed by atoms with Crippen LogP contribution in [-0.2, 0) is 4.74 Å². The van der Waals surface area contributed by atoms with E-state index in [0.29, 0.717) is 16.1 Å². The van der Waals surface area contributed by atoms with Gasteiger partial charge in [-0.15, -0.1) is 0 Å². The molecule has 0 bridgehead atoms. The molecule has 2 rings (SSSR count). The second-order valence-electron chi connectivity index (χ2n) is 3.90. The summed E-state index contributed by atoms with van der Waals surface area (Å²) in [5.74, 6) is -0.881. The van der Waals surface area contributed by atoms with E-state index >= 15 is 0 Å². The summed E-state index contributed by atoms with van der Waals surface area (Å²) in [6.07, 6.45) is 0. The Kier molecular flexibility index (Phi) is 3.71. The number of esters is 1. The average molecular weight is 279 g/mol. The van der Waals surface area contributed by atoms with Crippen LogP contribution in [0.4, 0.5) is 0 Å². The van der Waals surface area contributed by atoms with Gasteiger partial charge in [0, 0.05) is 10.6 Å². The lowest BCUT2D eigenvalue weighted by Gasteiger charge is -2.04. The van der Waals surface area contributed by atoms with Gasteiger partial charge in [0.2, 0.25) is 11.5 Å². The van der Waals surface area contributed by atoms with Crippen molar-refractivity contribution in [2.45, 2.75) is 6.92 Å². The van der Waals surface area contributed by atoms with Crippen LogP contribution in [-0.4, -0.2) is 18.9 Å². The summed E-state index contributed by atoms with van der Waals surface area (Å²) in [7, 11) is 1.24. The Balaban J connectivity index is 2.37. The monoisotopic (exact) mass is 278 g/mol. The zero-order valence-electron chi connectivity index (χ0n) is 10.4. The molecule has 2 aromatic rings. The van der Waals surface area contributed by atoms with Gasteiger partial charge in [-0.2, -0.15) is 0 Å². The van der Waals surface area contributed by atoms with Gasteiger partial charge in [0.1, 0.15) is 0 Å². The van der Waals surface area contributed by atoms with E-state index in [1.54, 1.807) is 25.1 Å². The Morgan fingerprint density at radius 2 is 1.84 bits per heavy atom. The van der Waals surface area contributed by atoms with E-state index in [4.69, 9.17) is 16.0 Å². The predicted molar refractivity (Wildman–Crippen MR) is 69.7 cm³/mol. The van der Waals surface area contributed by atoms with Crippen molar-refractivity contribution in [2.24, 2.45) is 0 Å². The molecule has 1 aromatic carbocycles. The molecule has 19 heavy (non-hydrogen) atoms. The first-order valence-electron chi connectivity index (χ1n) is 5.52. The Labute approximate surface area is 114 Å². The first kappa shape index (κ1) is 13.4. The van der Waals surface area contributed by atoms with Crippen molar-refractivity contribution >= 4 is 23.4 Å². The minimum Gasteiger partial charge on any atom is -0.463 e. The summed E-state index contributed by atoms with van der Waals surface area (Å²) in [5.41, 5.74) is 1.11. The minimum absolute atomic E-state index is 0.00877. The molecule has 0 aliphatic rings. The van der Waals surface area contributed by atoms with Crippen molar-refractivity contribution in [3.8, 4) is 0 Å². The Hall–Kier alpha value is -2.07. The number of furan rings is 1. The fourth-order valence-electron chi connectivity index (χ4n) is 1.66. The van der Waals surface area contributed by atoms with Gasteiger partial charge in [-0.3, -0.25) is 4.79 Å². The van der Waals surface area contributed by atoms with Crippen LogP contribution < -0.4 is 0 Å². The van der Waals surface area contributed by atoms with Crippen LogP contribution in [0.2, 0.25) is 5.02 Å². The third kappa shape index (κ3) is 2.53. The Morgan fingerprint density at radius 1 is 1.16 bits per heavy atom. The number of methoxy groups -OCH3 is 1. The Bertz CT molecular complexity index is 643. The molecule has 0 fully saturated rings. The molecule has 0 saturated heterocycles. The molecule has 0 atom stereocenters. The van der Waals surface area contributed by atoms with Crippen LogP contribution in [0.1, 0.15) is 32.2 Å². The molecule has 1 heterocycles. The van der Waals surface area contributed by atoms with Gasteiger partial charge < -0.3 is 9.15 Å². The van der Waals surface area contributed by atoms with Crippen molar-refractivity contribution in [3.63, 3.8) is 0 Å². The predicted octanol–water partition coefficient (Wildman–Crippen LogP) is 3.26. The molecule has 0 spiro atoms. The fraction of sp³-hybridized carbons (Fsp3) is 0.143. The lowest BCUT2D eigenvalue weighted by Crippen LogP contribution is -2.03. The molecule has 0 unspecified atom stereocenters. The summed E-state index contributed by atoms with van der Waals surface area (Å²) in [6.45, 7) is 1.75. The number of hydrogen-bond acceptors (Lipinski definition) is 4. The van der Waals surface area contributed by atoms with E-state index in [1.807, 2.05) is 0 Å². The quantitative estimate of drug-likeness (QED) is 0.639. The fourth-order valence-corrected chi connectivity index (χ4v) is 1.83. The van der Waals surface area contributed by atoms with E-state index < -0.39 is 5.97 Å². The average Bonchev–Trinajstić information content (AvgIpc) is 2.90. The van der Waals surface area contributed by atoms with Crippen molar-refractivity contribution in [3.05, 3.63) is 58.0 Å². The van der Waals surface area contributed by atoms with Crippen LogP contribution in [0.15, 0.2) is 34.7 Å². The van der Waals surface area contributed by atoms with Crippen LogP contribution in [0.3, 0.4) is 0 Å². The highest BCUT2D eigenvalue weighted by atomic mass is 35.5. The van der Waals surface area contributed by atoms with E-state index in [-0.39, 0.29) is 17.3 Å². The molecule has 0 amide bonds. The number of benzene rings is 1. The first-order valence-corrected chi connectivity index (χ1v) is 5.90. The lowest BCUT2D eigenvalue weighted by molar-refractivity contribution is 0.0563. The van der Waals surface area contributed by atoms with E-state index in [2.05, 4.69) is 4.74 Å². The molecule has 4 nitrogen and oxygen atoms in total. The number of hydrogen-bond donors (Lipinski definition) is 0. The Morgan fingerprint density at radius 3 is 2.53 bits per heavy atom. The zero-order valence-corrected chi connectivity index (χ0v) is 11.2. The van der Waals surface area contributed by atoms with E-state index in [1.165, 1.54) is 19.2 Å². The van der Waals surface area contributed by atoms with Crippen molar-refractivity contribution < 1.29 is 18.7 Å². The SMILES string of the molecule is COC(=O)c1ccc(C(=O)c2cccc(Cl)c2C)o1. The van der Waals surface area contributed by atoms with E-state index in [0.717, 1.165) is 0 Å². The topological polar surface area (TPSA) is 56.5 Å². The third-order valence-corrected chi connectivity index (χ3v) is 3.14. The normalized spacial score (nSPS) is 10.3. The number of carbonyl (C=O) groups excluding carboxylic acids is 2. The summed E-state index contributed by atoms with van der Waals surface area (Å²) in [4.78, 5) is 23.5. The third-order valence-electron chi connectivity index (χ3n) is 2.73. The molecule has 0 radical (unpaired) electrons. The number of carbonyl (C=O) groups is 2. The standard InChI is InChI=1S/C14H11ClO4/c1-8-9(4-3-5-10(8)15)13(16)11-6-7-12(19-11)14(17)18-2/h3-7H,1-2H3. The van der Waals surface area contributed by atoms with Gasteiger partial charge in [-0.05, 0) is 30.7 Å². The molecule has 5 heteroatoms. The number of ketones is 1. The maximum atomic E-state index is 12.2. The largest absolute Gasteiger partial charge is 0.463 e. The maximum absolute atomic E-state index is 12.2. The highest BCUT2D eigenvalue weighted by Gasteiger charge is 2.19. The van der Waals surface area contributed by atoms with Gasteiger partial charge in [-0.25, -0.2) is 4.79 Å². The number of rotatable bonds is 3. The lowest BCUT2D eigenvalue weighted by atomic mass is 10.0. The molecule has 98 valence electrons. The molecule has 0 saturated carbocycles. The second-order valence-corrected chi connectivity index (χ2v) is 4.30. The maximum Gasteiger partial charge on any atom is 0.373 e. The summed E-state index contributed by atoms with van der Waals surface area (Å²) < 4.78 is 9.69. The molecule has 0 aliphatic carbocycles. The van der Waals surface area contributed by atoms with Crippen molar-refractivity contribution in [1.82, 2.24) is 0 Å². The molecular weight excluding hydrogens is 268 g/mol. The van der Waals surface area contributed by atoms with Crippen molar-refractivity contribution in [2.75, 3.05) is 7.11 Å². The van der Waals surface area contributed by atoms with Crippen LogP contribution >= 0.6 is 11.6 Å². The molecular formula is C14H11ClO4. The second kappa shape index (κ2) is 5.28. The highest BCUT2D eigenvalue weighted by Crippen LogP contribution is 2.22. The summed E-state index contributed by atoms with van der Waals surface area (Å²) in [5, 5.41) is 0.505. The van der Waals surface area contributed by atoms with Gasteiger partial charge >= 0.3 is 5.97 Å². The van der Waals surface area contributed by atoms with Gasteiger partial charge in [0.25, 0.3) is 0 Å². The van der Waals surface area contributed by atoms with Crippen LogP contribution in [0, 0.1) is 6.92 Å². The highest BCUT2D eigenvalue weighted by molar-refractivity contribution is 6.32. The number of halogens is 1. The molecule has 0 N–H and O–H groups in total. The zero-order chi connectivity index (χ0) is 14.0. The van der Waals surface area contributed by atoms with Crippen LogP contribution in [0.5, 0.6) is 0 Å². The van der Waals surface area contributed by atoms with Crippen LogP contribution in [0.25, 0.3) is 0 Å².